The smallest absolute Gasteiger partial charge is 0.274 e. The van der Waals surface area contributed by atoms with Gasteiger partial charge in [-0.1, -0.05) is 20.8 Å². The van der Waals surface area contributed by atoms with Crippen LogP contribution < -0.4 is 15.7 Å². The highest BCUT2D eigenvalue weighted by atomic mass is 16.5. The molecule has 0 aliphatic carbocycles. The van der Waals surface area contributed by atoms with Crippen LogP contribution >= 0.6 is 0 Å². The normalized spacial score (nSPS) is 11.9. The van der Waals surface area contributed by atoms with E-state index < -0.39 is 0 Å². The van der Waals surface area contributed by atoms with Gasteiger partial charge in [-0.3, -0.25) is 9.78 Å². The highest BCUT2D eigenvalue weighted by Gasteiger charge is 2.20. The summed E-state index contributed by atoms with van der Waals surface area (Å²) in [6, 6.07) is 7.53. The minimum absolute atomic E-state index is 0.137. The fourth-order valence-electron chi connectivity index (χ4n) is 1.95. The second-order valence-corrected chi connectivity index (χ2v) is 6.71. The van der Waals surface area contributed by atoms with Crippen LogP contribution in [0.4, 0.5) is 5.95 Å². The van der Waals surface area contributed by atoms with Crippen molar-refractivity contribution in [2.75, 3.05) is 5.43 Å². The SMILES string of the molecule is CC(C)Oc1ccc(/C=N/Nc2nnc(C(C)(C)C)c(=O)[nH]2)cc1. The number of benzene rings is 1. The molecular weight excluding hydrogens is 306 g/mol. The highest BCUT2D eigenvalue weighted by Crippen LogP contribution is 2.15. The van der Waals surface area contributed by atoms with Crippen LogP contribution in [0.3, 0.4) is 0 Å². The molecule has 0 radical (unpaired) electrons. The number of hydrazone groups is 1. The minimum Gasteiger partial charge on any atom is -0.491 e. The van der Waals surface area contributed by atoms with E-state index in [2.05, 4.69) is 25.7 Å². The Morgan fingerprint density at radius 2 is 1.88 bits per heavy atom. The van der Waals surface area contributed by atoms with E-state index >= 15 is 0 Å². The van der Waals surface area contributed by atoms with Gasteiger partial charge in [-0.15, -0.1) is 10.2 Å². The van der Waals surface area contributed by atoms with Crippen LogP contribution in [0, 0.1) is 0 Å². The summed E-state index contributed by atoms with van der Waals surface area (Å²) in [5.74, 6) is 1.01. The number of aromatic nitrogens is 3. The first-order valence-corrected chi connectivity index (χ1v) is 7.79. The molecule has 0 unspecified atom stereocenters. The Hall–Kier alpha value is -2.70. The van der Waals surface area contributed by atoms with Gasteiger partial charge in [-0.05, 0) is 43.7 Å². The van der Waals surface area contributed by atoms with Crippen molar-refractivity contribution in [2.45, 2.75) is 46.1 Å². The average molecular weight is 329 g/mol. The van der Waals surface area contributed by atoms with Crippen molar-refractivity contribution in [3.63, 3.8) is 0 Å². The average Bonchev–Trinajstić information content (AvgIpc) is 2.47. The second kappa shape index (κ2) is 7.25. The van der Waals surface area contributed by atoms with E-state index in [-0.39, 0.29) is 23.0 Å². The molecule has 0 atom stereocenters. The lowest BCUT2D eigenvalue weighted by Gasteiger charge is -2.15. The highest BCUT2D eigenvalue weighted by molar-refractivity contribution is 5.80. The van der Waals surface area contributed by atoms with Crippen molar-refractivity contribution in [1.29, 1.82) is 0 Å². The maximum atomic E-state index is 12.0. The molecule has 0 saturated carbocycles. The van der Waals surface area contributed by atoms with Gasteiger partial charge in [0.1, 0.15) is 11.4 Å². The van der Waals surface area contributed by atoms with Gasteiger partial charge in [0.15, 0.2) is 0 Å². The molecule has 2 rings (SSSR count). The van der Waals surface area contributed by atoms with Crippen LogP contribution in [0.25, 0.3) is 0 Å². The molecule has 24 heavy (non-hydrogen) atoms. The Kier molecular flexibility index (Phi) is 5.33. The van der Waals surface area contributed by atoms with Crippen LogP contribution in [-0.4, -0.2) is 27.5 Å². The third-order valence-electron chi connectivity index (χ3n) is 3.04. The van der Waals surface area contributed by atoms with E-state index in [0.29, 0.717) is 5.69 Å². The molecule has 0 spiro atoms. The zero-order valence-electron chi connectivity index (χ0n) is 14.6. The number of nitrogens with one attached hydrogen (secondary N) is 2. The summed E-state index contributed by atoms with van der Waals surface area (Å²) < 4.78 is 5.58. The number of anilines is 1. The molecular formula is C17H23N5O2. The standard InChI is InChI=1S/C17H23N5O2/c1-11(2)24-13-8-6-12(7-9-13)10-18-21-16-19-15(23)14(20-22-16)17(3,4)5/h6-11H,1-5H3,(H2,19,21,22,23)/b18-10+. The third kappa shape index (κ3) is 4.91. The first-order valence-electron chi connectivity index (χ1n) is 7.79. The van der Waals surface area contributed by atoms with E-state index in [1.54, 1.807) is 6.21 Å². The molecule has 1 aromatic heterocycles. The van der Waals surface area contributed by atoms with Crippen LogP contribution in [-0.2, 0) is 5.41 Å². The zero-order chi connectivity index (χ0) is 17.7. The number of nitrogens with zero attached hydrogens (tertiary/aromatic N) is 3. The number of hydrogen-bond donors (Lipinski definition) is 2. The van der Waals surface area contributed by atoms with Crippen molar-refractivity contribution in [3.8, 4) is 5.75 Å². The van der Waals surface area contributed by atoms with Gasteiger partial charge < -0.3 is 4.74 Å². The number of hydrogen-bond acceptors (Lipinski definition) is 6. The summed E-state index contributed by atoms with van der Waals surface area (Å²) in [6.07, 6.45) is 1.76. The third-order valence-corrected chi connectivity index (χ3v) is 3.04. The summed E-state index contributed by atoms with van der Waals surface area (Å²) in [5.41, 5.74) is 3.31. The largest absolute Gasteiger partial charge is 0.491 e. The molecule has 1 heterocycles. The van der Waals surface area contributed by atoms with Crippen molar-refractivity contribution in [3.05, 3.63) is 45.9 Å². The second-order valence-electron chi connectivity index (χ2n) is 6.71. The van der Waals surface area contributed by atoms with E-state index in [0.717, 1.165) is 11.3 Å². The Labute approximate surface area is 141 Å². The van der Waals surface area contributed by atoms with Gasteiger partial charge in [-0.25, -0.2) is 5.43 Å². The molecule has 7 nitrogen and oxygen atoms in total. The number of aromatic amines is 1. The Bertz CT molecular complexity index is 758. The molecule has 0 saturated heterocycles. The molecule has 0 fully saturated rings. The molecule has 0 bridgehead atoms. The van der Waals surface area contributed by atoms with Gasteiger partial charge in [0.2, 0.25) is 5.95 Å². The van der Waals surface area contributed by atoms with E-state index in [1.807, 2.05) is 58.9 Å². The fourth-order valence-corrected chi connectivity index (χ4v) is 1.95. The van der Waals surface area contributed by atoms with E-state index in [4.69, 9.17) is 4.74 Å². The summed E-state index contributed by atoms with van der Waals surface area (Å²) in [5, 5.41) is 11.9. The molecule has 2 aromatic rings. The zero-order valence-corrected chi connectivity index (χ0v) is 14.6. The van der Waals surface area contributed by atoms with Gasteiger partial charge in [0.05, 0.1) is 12.3 Å². The van der Waals surface area contributed by atoms with Gasteiger partial charge >= 0.3 is 0 Å². The first-order chi connectivity index (χ1) is 11.3. The monoisotopic (exact) mass is 329 g/mol. The molecule has 128 valence electrons. The van der Waals surface area contributed by atoms with Crippen LogP contribution in [0.2, 0.25) is 0 Å². The molecule has 1 aromatic carbocycles. The van der Waals surface area contributed by atoms with Crippen molar-refractivity contribution in [2.24, 2.45) is 5.10 Å². The summed E-state index contributed by atoms with van der Waals surface area (Å²) in [7, 11) is 0. The minimum atomic E-state index is -0.359. The first kappa shape index (κ1) is 17.7. The number of ether oxygens (including phenoxy) is 1. The molecule has 0 amide bonds. The maximum Gasteiger partial charge on any atom is 0.274 e. The van der Waals surface area contributed by atoms with Crippen LogP contribution in [0.5, 0.6) is 5.75 Å². The summed E-state index contributed by atoms with van der Waals surface area (Å²) in [4.78, 5) is 14.6. The molecule has 2 N–H and O–H groups in total. The van der Waals surface area contributed by atoms with Crippen molar-refractivity contribution in [1.82, 2.24) is 15.2 Å². The number of H-pyrrole nitrogens is 1. The molecule has 0 aliphatic rings. The lowest BCUT2D eigenvalue weighted by molar-refractivity contribution is 0.242. The summed E-state index contributed by atoms with van der Waals surface area (Å²) in [6.45, 7) is 9.68. The van der Waals surface area contributed by atoms with Gasteiger partial charge in [-0.2, -0.15) is 5.10 Å². The lowest BCUT2D eigenvalue weighted by Crippen LogP contribution is -2.28. The predicted molar refractivity (Wildman–Crippen MR) is 94.8 cm³/mol. The van der Waals surface area contributed by atoms with Gasteiger partial charge in [0.25, 0.3) is 5.56 Å². The molecule has 0 aliphatic heterocycles. The topological polar surface area (TPSA) is 92.3 Å². The Balaban J connectivity index is 2.01. The Morgan fingerprint density at radius 3 is 2.42 bits per heavy atom. The lowest BCUT2D eigenvalue weighted by atomic mass is 9.93. The number of rotatable bonds is 5. The quantitative estimate of drug-likeness (QED) is 0.650. The van der Waals surface area contributed by atoms with Crippen LogP contribution in [0.1, 0.15) is 45.9 Å². The molecule has 7 heteroatoms. The van der Waals surface area contributed by atoms with Crippen LogP contribution in [0.15, 0.2) is 34.2 Å². The Morgan fingerprint density at radius 1 is 1.21 bits per heavy atom. The fraction of sp³-hybridized carbons (Fsp3) is 0.412. The van der Waals surface area contributed by atoms with E-state index in [9.17, 15) is 4.79 Å². The van der Waals surface area contributed by atoms with Crippen molar-refractivity contribution < 1.29 is 4.74 Å². The predicted octanol–water partition coefficient (Wildman–Crippen LogP) is 2.70. The van der Waals surface area contributed by atoms with E-state index in [1.165, 1.54) is 0 Å². The maximum absolute atomic E-state index is 12.0. The van der Waals surface area contributed by atoms with Gasteiger partial charge in [0, 0.05) is 5.41 Å². The summed E-state index contributed by atoms with van der Waals surface area (Å²) >= 11 is 0. The van der Waals surface area contributed by atoms with Crippen molar-refractivity contribution >= 4 is 12.2 Å².